The highest BCUT2D eigenvalue weighted by molar-refractivity contribution is 6.34. The SMILES string of the molecule is O=C(c1cc([N+](=O)[O-])ccc1Cl)N1CCc2[nH]nc(-c3cccc(Cl)c3)c2C1. The van der Waals surface area contributed by atoms with Crippen LogP contribution in [-0.2, 0) is 13.0 Å². The molecule has 1 aliphatic rings. The fourth-order valence-corrected chi connectivity index (χ4v) is 3.69. The van der Waals surface area contributed by atoms with Crippen molar-refractivity contribution in [3.8, 4) is 11.3 Å². The molecule has 0 fully saturated rings. The number of hydrogen-bond donors (Lipinski definition) is 1. The molecule has 1 amide bonds. The number of amides is 1. The Kier molecular flexibility index (Phi) is 4.78. The number of rotatable bonds is 3. The number of carbonyl (C=O) groups excluding carboxylic acids is 1. The van der Waals surface area contributed by atoms with Crippen LogP contribution in [0, 0.1) is 10.1 Å². The van der Waals surface area contributed by atoms with Crippen LogP contribution in [0.15, 0.2) is 42.5 Å². The number of carbonyl (C=O) groups is 1. The van der Waals surface area contributed by atoms with E-state index in [9.17, 15) is 14.9 Å². The fourth-order valence-electron chi connectivity index (χ4n) is 3.30. The first-order valence-electron chi connectivity index (χ1n) is 8.49. The number of nitro benzene ring substituents is 1. The van der Waals surface area contributed by atoms with Gasteiger partial charge in [0.05, 0.1) is 21.2 Å². The van der Waals surface area contributed by atoms with Crippen molar-refractivity contribution in [2.75, 3.05) is 6.54 Å². The van der Waals surface area contributed by atoms with Gasteiger partial charge in [-0.15, -0.1) is 0 Å². The van der Waals surface area contributed by atoms with Crippen LogP contribution in [0.5, 0.6) is 0 Å². The Morgan fingerprint density at radius 2 is 2.04 bits per heavy atom. The maximum atomic E-state index is 13.0. The molecule has 0 atom stereocenters. The van der Waals surface area contributed by atoms with Crippen molar-refractivity contribution in [3.63, 3.8) is 0 Å². The van der Waals surface area contributed by atoms with Gasteiger partial charge in [-0.1, -0.05) is 35.3 Å². The standard InChI is InChI=1S/C19H14Cl2N4O3/c20-12-3-1-2-11(8-12)18-15-10-24(7-6-17(15)22-23-18)19(26)14-9-13(25(27)28)4-5-16(14)21/h1-5,8-9H,6-7,10H2,(H,22,23). The molecule has 4 rings (SSSR count). The molecule has 0 saturated heterocycles. The van der Waals surface area contributed by atoms with Crippen molar-refractivity contribution >= 4 is 34.8 Å². The third kappa shape index (κ3) is 3.34. The summed E-state index contributed by atoms with van der Waals surface area (Å²) in [7, 11) is 0. The van der Waals surface area contributed by atoms with Gasteiger partial charge >= 0.3 is 0 Å². The minimum absolute atomic E-state index is 0.118. The number of nitro groups is 1. The van der Waals surface area contributed by atoms with Crippen LogP contribution in [0.2, 0.25) is 10.0 Å². The molecule has 0 radical (unpaired) electrons. The van der Waals surface area contributed by atoms with Crippen LogP contribution < -0.4 is 0 Å². The molecule has 1 aliphatic heterocycles. The zero-order valence-corrected chi connectivity index (χ0v) is 16.0. The topological polar surface area (TPSA) is 92.1 Å². The van der Waals surface area contributed by atoms with E-state index < -0.39 is 4.92 Å². The number of H-pyrrole nitrogens is 1. The summed E-state index contributed by atoms with van der Waals surface area (Å²) in [6, 6.07) is 11.2. The number of fused-ring (bicyclic) bond motifs is 1. The molecule has 0 aliphatic carbocycles. The summed E-state index contributed by atoms with van der Waals surface area (Å²) in [4.78, 5) is 25.1. The highest BCUT2D eigenvalue weighted by Crippen LogP contribution is 2.31. The quantitative estimate of drug-likeness (QED) is 0.502. The maximum Gasteiger partial charge on any atom is 0.270 e. The Morgan fingerprint density at radius 3 is 2.79 bits per heavy atom. The molecule has 0 bridgehead atoms. The molecular weight excluding hydrogens is 403 g/mol. The van der Waals surface area contributed by atoms with Crippen molar-refractivity contribution in [1.29, 1.82) is 0 Å². The fraction of sp³-hybridized carbons (Fsp3) is 0.158. The number of nitrogens with zero attached hydrogens (tertiary/aromatic N) is 3. The van der Waals surface area contributed by atoms with E-state index in [-0.39, 0.29) is 22.2 Å². The number of aromatic amines is 1. The lowest BCUT2D eigenvalue weighted by molar-refractivity contribution is -0.384. The Balaban J connectivity index is 1.66. The second-order valence-electron chi connectivity index (χ2n) is 6.44. The minimum Gasteiger partial charge on any atom is -0.334 e. The number of benzene rings is 2. The smallest absolute Gasteiger partial charge is 0.270 e. The molecule has 7 nitrogen and oxygen atoms in total. The molecule has 0 unspecified atom stereocenters. The van der Waals surface area contributed by atoms with E-state index >= 15 is 0 Å². The predicted molar refractivity (Wildman–Crippen MR) is 106 cm³/mol. The molecular formula is C19H14Cl2N4O3. The Morgan fingerprint density at radius 1 is 1.21 bits per heavy atom. The van der Waals surface area contributed by atoms with E-state index in [1.54, 1.807) is 11.0 Å². The molecule has 2 aromatic carbocycles. The van der Waals surface area contributed by atoms with E-state index in [4.69, 9.17) is 23.2 Å². The van der Waals surface area contributed by atoms with Crippen LogP contribution in [0.1, 0.15) is 21.6 Å². The van der Waals surface area contributed by atoms with Crippen molar-refractivity contribution < 1.29 is 9.72 Å². The summed E-state index contributed by atoms with van der Waals surface area (Å²) in [5, 5.41) is 19.2. The third-order valence-corrected chi connectivity index (χ3v) is 5.27. The van der Waals surface area contributed by atoms with Crippen molar-refractivity contribution in [2.45, 2.75) is 13.0 Å². The molecule has 3 aromatic rings. The van der Waals surface area contributed by atoms with Gasteiger partial charge in [-0.05, 0) is 18.2 Å². The second-order valence-corrected chi connectivity index (χ2v) is 7.28. The highest BCUT2D eigenvalue weighted by atomic mass is 35.5. The highest BCUT2D eigenvalue weighted by Gasteiger charge is 2.28. The molecule has 2 heterocycles. The third-order valence-electron chi connectivity index (χ3n) is 4.71. The predicted octanol–water partition coefficient (Wildman–Crippen LogP) is 4.49. The van der Waals surface area contributed by atoms with Gasteiger partial charge < -0.3 is 4.90 Å². The molecule has 142 valence electrons. The number of non-ortho nitro benzene ring substituents is 1. The lowest BCUT2D eigenvalue weighted by Crippen LogP contribution is -2.36. The second kappa shape index (κ2) is 7.26. The van der Waals surface area contributed by atoms with Gasteiger partial charge in [0.25, 0.3) is 11.6 Å². The number of aromatic nitrogens is 2. The zero-order chi connectivity index (χ0) is 19.8. The summed E-state index contributed by atoms with van der Waals surface area (Å²) in [6.45, 7) is 0.785. The van der Waals surface area contributed by atoms with Crippen LogP contribution in [0.4, 0.5) is 5.69 Å². The van der Waals surface area contributed by atoms with E-state index in [1.807, 2.05) is 18.2 Å². The van der Waals surface area contributed by atoms with E-state index in [0.29, 0.717) is 24.5 Å². The first-order valence-corrected chi connectivity index (χ1v) is 9.25. The molecule has 1 aromatic heterocycles. The summed E-state index contributed by atoms with van der Waals surface area (Å²) in [5.41, 5.74) is 3.40. The van der Waals surface area contributed by atoms with Crippen molar-refractivity contribution in [1.82, 2.24) is 15.1 Å². The zero-order valence-electron chi connectivity index (χ0n) is 14.5. The van der Waals surface area contributed by atoms with E-state index in [0.717, 1.165) is 22.5 Å². The van der Waals surface area contributed by atoms with Gasteiger partial charge in [0.2, 0.25) is 0 Å². The van der Waals surface area contributed by atoms with Gasteiger partial charge in [-0.3, -0.25) is 20.0 Å². The first-order chi connectivity index (χ1) is 13.4. The normalized spacial score (nSPS) is 13.3. The average Bonchev–Trinajstić information content (AvgIpc) is 3.11. The largest absolute Gasteiger partial charge is 0.334 e. The molecule has 0 saturated carbocycles. The lowest BCUT2D eigenvalue weighted by atomic mass is 10.0. The van der Waals surface area contributed by atoms with Crippen LogP contribution in [-0.4, -0.2) is 32.5 Å². The number of nitrogens with one attached hydrogen (secondary N) is 1. The van der Waals surface area contributed by atoms with Crippen LogP contribution in [0.25, 0.3) is 11.3 Å². The van der Waals surface area contributed by atoms with Crippen LogP contribution >= 0.6 is 23.2 Å². The van der Waals surface area contributed by atoms with Gasteiger partial charge in [0.15, 0.2) is 0 Å². The van der Waals surface area contributed by atoms with Gasteiger partial charge in [0.1, 0.15) is 0 Å². The van der Waals surface area contributed by atoms with Crippen molar-refractivity contribution in [2.24, 2.45) is 0 Å². The summed E-state index contributed by atoms with van der Waals surface area (Å²) in [6.07, 6.45) is 0.598. The Hall–Kier alpha value is -2.90. The first kappa shape index (κ1) is 18.5. The minimum atomic E-state index is -0.547. The summed E-state index contributed by atoms with van der Waals surface area (Å²) >= 11 is 12.2. The van der Waals surface area contributed by atoms with Gasteiger partial charge in [0, 0.05) is 53.5 Å². The van der Waals surface area contributed by atoms with Crippen LogP contribution in [0.3, 0.4) is 0 Å². The molecule has 9 heteroatoms. The Bertz CT molecular complexity index is 1100. The van der Waals surface area contributed by atoms with Gasteiger partial charge in [-0.25, -0.2) is 0 Å². The Labute approximate surface area is 170 Å². The van der Waals surface area contributed by atoms with E-state index in [1.165, 1.54) is 18.2 Å². The maximum absolute atomic E-state index is 13.0. The molecule has 28 heavy (non-hydrogen) atoms. The number of hydrogen-bond acceptors (Lipinski definition) is 4. The molecule has 0 spiro atoms. The van der Waals surface area contributed by atoms with E-state index in [2.05, 4.69) is 10.2 Å². The van der Waals surface area contributed by atoms with Gasteiger partial charge in [-0.2, -0.15) is 5.10 Å². The summed E-state index contributed by atoms with van der Waals surface area (Å²) in [5.74, 6) is -0.349. The molecule has 1 N–H and O–H groups in total. The number of halogens is 2. The monoisotopic (exact) mass is 416 g/mol. The average molecular weight is 417 g/mol. The lowest BCUT2D eigenvalue weighted by Gasteiger charge is -2.27. The summed E-state index contributed by atoms with van der Waals surface area (Å²) < 4.78 is 0. The van der Waals surface area contributed by atoms with Crippen molar-refractivity contribution in [3.05, 3.63) is 79.4 Å².